The molecule has 0 rings (SSSR count). The van der Waals surface area contributed by atoms with Gasteiger partial charge in [0, 0.05) is 0 Å². The molecule has 116 valence electrons. The van der Waals surface area contributed by atoms with Crippen molar-refractivity contribution in [2.75, 3.05) is 12.4 Å². The predicted octanol–water partition coefficient (Wildman–Crippen LogP) is 3.04. The van der Waals surface area contributed by atoms with Gasteiger partial charge in [0.2, 0.25) is 6.01 Å². The Kier molecular flexibility index (Phi) is 6.18. The van der Waals surface area contributed by atoms with E-state index in [0.29, 0.717) is 0 Å². The average molecular weight is 320 g/mol. The van der Waals surface area contributed by atoms with Crippen LogP contribution in [-0.4, -0.2) is 32.0 Å². The van der Waals surface area contributed by atoms with E-state index in [1.807, 2.05) is 0 Å². The van der Waals surface area contributed by atoms with Gasteiger partial charge in [-0.25, -0.2) is 4.39 Å². The molecular weight excluding hydrogens is 298 g/mol. The van der Waals surface area contributed by atoms with Crippen molar-refractivity contribution in [1.29, 1.82) is 0 Å². The summed E-state index contributed by atoms with van der Waals surface area (Å²) in [7, 11) is -8.20. The summed E-state index contributed by atoms with van der Waals surface area (Å²) in [6.07, 6.45) is -0.853. The SMILES string of the molecule is CC(C)(C)OP(=O)(COS(=O)(=O)CF)OC(C)(C)C. The molecule has 0 aliphatic rings. The fourth-order valence-corrected chi connectivity index (χ4v) is 4.12. The Morgan fingerprint density at radius 3 is 1.63 bits per heavy atom. The Labute approximate surface area is 114 Å². The second-order valence-corrected chi connectivity index (χ2v) is 9.35. The van der Waals surface area contributed by atoms with E-state index in [0.717, 1.165) is 0 Å². The molecule has 0 aliphatic heterocycles. The molecule has 0 aromatic heterocycles. The van der Waals surface area contributed by atoms with Gasteiger partial charge < -0.3 is 9.05 Å². The summed E-state index contributed by atoms with van der Waals surface area (Å²) < 4.78 is 61.3. The highest BCUT2D eigenvalue weighted by atomic mass is 32.2. The van der Waals surface area contributed by atoms with Crippen LogP contribution >= 0.6 is 7.60 Å². The third-order valence-corrected chi connectivity index (χ3v) is 4.37. The lowest BCUT2D eigenvalue weighted by atomic mass is 10.2. The number of alkyl halides is 1. The Hall–Kier alpha value is -0.0100. The molecule has 0 aliphatic carbocycles. The number of hydrogen-bond donors (Lipinski definition) is 0. The maximum atomic E-state index is 12.5. The van der Waals surface area contributed by atoms with Crippen LogP contribution in [0, 0.1) is 0 Å². The van der Waals surface area contributed by atoms with E-state index in [1.165, 1.54) is 0 Å². The summed E-state index contributed by atoms with van der Waals surface area (Å²) in [6, 6.07) is -1.70. The third-order valence-electron chi connectivity index (χ3n) is 1.35. The Morgan fingerprint density at radius 2 is 1.37 bits per heavy atom. The van der Waals surface area contributed by atoms with Crippen molar-refractivity contribution < 1.29 is 30.6 Å². The fourth-order valence-electron chi connectivity index (χ4n) is 1.08. The number of hydrogen-bond acceptors (Lipinski definition) is 6. The Balaban J connectivity index is 5.03. The first kappa shape index (κ1) is 19.0. The lowest BCUT2D eigenvalue weighted by Crippen LogP contribution is -2.26. The van der Waals surface area contributed by atoms with Gasteiger partial charge in [0.15, 0.2) is 6.35 Å². The van der Waals surface area contributed by atoms with Crippen LogP contribution in [0.15, 0.2) is 0 Å². The van der Waals surface area contributed by atoms with E-state index in [1.54, 1.807) is 41.5 Å². The van der Waals surface area contributed by atoms with Gasteiger partial charge in [-0.2, -0.15) is 8.42 Å². The van der Waals surface area contributed by atoms with Crippen molar-refractivity contribution in [2.24, 2.45) is 0 Å². The van der Waals surface area contributed by atoms with Gasteiger partial charge in [-0.1, -0.05) is 0 Å². The molecule has 9 heteroatoms. The highest BCUT2D eigenvalue weighted by Crippen LogP contribution is 2.54. The van der Waals surface area contributed by atoms with Gasteiger partial charge in [0.1, 0.15) is 0 Å². The molecule has 0 spiro atoms. The Bertz CT molecular complexity index is 414. The topological polar surface area (TPSA) is 78.9 Å². The van der Waals surface area contributed by atoms with Crippen molar-refractivity contribution in [3.05, 3.63) is 0 Å². The summed E-state index contributed by atoms with van der Waals surface area (Å²) in [5, 5.41) is 0. The molecule has 0 amide bonds. The molecule has 0 heterocycles. The van der Waals surface area contributed by atoms with Crippen molar-refractivity contribution in [1.82, 2.24) is 0 Å². The highest BCUT2D eigenvalue weighted by molar-refractivity contribution is 7.86. The second-order valence-electron chi connectivity index (χ2n) is 5.93. The number of rotatable bonds is 6. The second kappa shape index (κ2) is 6.18. The average Bonchev–Trinajstić information content (AvgIpc) is 2.09. The molecule has 0 radical (unpaired) electrons. The standard InChI is InChI=1S/C10H22FO6PS/c1-9(2,3)16-18(12,17-10(4,5)6)8-15-19(13,14)7-11/h7-8H2,1-6H3. The van der Waals surface area contributed by atoms with Crippen molar-refractivity contribution in [2.45, 2.75) is 52.7 Å². The maximum Gasteiger partial charge on any atom is 0.358 e. The minimum atomic E-state index is -4.36. The van der Waals surface area contributed by atoms with E-state index >= 15 is 0 Å². The van der Waals surface area contributed by atoms with Crippen LogP contribution in [0.1, 0.15) is 41.5 Å². The van der Waals surface area contributed by atoms with E-state index in [4.69, 9.17) is 9.05 Å². The van der Waals surface area contributed by atoms with E-state index in [9.17, 15) is 17.4 Å². The maximum absolute atomic E-state index is 12.5. The largest absolute Gasteiger partial charge is 0.358 e. The van der Waals surface area contributed by atoms with Crippen LogP contribution in [0.25, 0.3) is 0 Å². The van der Waals surface area contributed by atoms with Gasteiger partial charge in [-0.05, 0) is 41.5 Å². The molecule has 0 saturated carbocycles. The first-order valence-electron chi connectivity index (χ1n) is 5.62. The van der Waals surface area contributed by atoms with Gasteiger partial charge in [0.05, 0.1) is 11.2 Å². The summed E-state index contributed by atoms with van der Waals surface area (Å²) in [5.41, 5.74) is -1.66. The van der Waals surface area contributed by atoms with Crippen LogP contribution in [0.4, 0.5) is 4.39 Å². The van der Waals surface area contributed by atoms with Crippen LogP contribution in [0.3, 0.4) is 0 Å². The van der Waals surface area contributed by atoms with Crippen molar-refractivity contribution in [3.63, 3.8) is 0 Å². The monoisotopic (exact) mass is 320 g/mol. The quantitative estimate of drug-likeness (QED) is 0.553. The van der Waals surface area contributed by atoms with E-state index < -0.39 is 41.3 Å². The lowest BCUT2D eigenvalue weighted by Gasteiger charge is -2.31. The molecule has 0 N–H and O–H groups in total. The van der Waals surface area contributed by atoms with E-state index in [-0.39, 0.29) is 0 Å². The van der Waals surface area contributed by atoms with Crippen LogP contribution in [0.5, 0.6) is 0 Å². The molecule has 0 aromatic carbocycles. The van der Waals surface area contributed by atoms with Crippen LogP contribution in [-0.2, 0) is 27.9 Å². The summed E-state index contributed by atoms with van der Waals surface area (Å²) in [4.78, 5) is 0. The third kappa shape index (κ3) is 9.51. The zero-order valence-corrected chi connectivity index (χ0v) is 13.8. The molecular formula is C10H22FO6PS. The first-order chi connectivity index (χ1) is 8.18. The first-order valence-corrected chi connectivity index (χ1v) is 8.92. The molecule has 0 unspecified atom stereocenters. The van der Waals surface area contributed by atoms with Crippen LogP contribution in [0.2, 0.25) is 0 Å². The zero-order valence-electron chi connectivity index (χ0n) is 12.1. The fraction of sp³-hybridized carbons (Fsp3) is 1.00. The minimum Gasteiger partial charge on any atom is -0.301 e. The predicted molar refractivity (Wildman–Crippen MR) is 70.1 cm³/mol. The molecule has 0 fully saturated rings. The summed E-state index contributed by atoms with van der Waals surface area (Å²) in [5.74, 6) is 0. The van der Waals surface area contributed by atoms with Crippen LogP contribution < -0.4 is 0 Å². The zero-order chi connectivity index (χ0) is 15.5. The van der Waals surface area contributed by atoms with E-state index in [2.05, 4.69) is 4.18 Å². The van der Waals surface area contributed by atoms with Gasteiger partial charge in [0.25, 0.3) is 10.1 Å². The van der Waals surface area contributed by atoms with Crippen molar-refractivity contribution in [3.8, 4) is 0 Å². The summed E-state index contributed by atoms with van der Waals surface area (Å²) >= 11 is 0. The molecule has 0 aromatic rings. The van der Waals surface area contributed by atoms with Gasteiger partial charge >= 0.3 is 7.60 Å². The normalized spacial score (nSPS) is 14.7. The minimum absolute atomic E-state index is 0.830. The van der Waals surface area contributed by atoms with Gasteiger partial charge in [-0.15, -0.1) is 0 Å². The van der Waals surface area contributed by atoms with Crippen molar-refractivity contribution >= 4 is 17.7 Å². The molecule has 6 nitrogen and oxygen atoms in total. The molecule has 19 heavy (non-hydrogen) atoms. The van der Waals surface area contributed by atoms with Gasteiger partial charge in [-0.3, -0.25) is 8.75 Å². The lowest BCUT2D eigenvalue weighted by molar-refractivity contribution is 0.0421. The number of halogens is 1. The molecule has 0 saturated heterocycles. The summed E-state index contributed by atoms with van der Waals surface area (Å²) in [6.45, 7) is 9.81. The molecule has 0 bridgehead atoms. The Morgan fingerprint density at radius 1 is 1.00 bits per heavy atom. The molecule has 0 atom stereocenters. The highest BCUT2D eigenvalue weighted by Gasteiger charge is 2.37. The smallest absolute Gasteiger partial charge is 0.301 e.